The summed E-state index contributed by atoms with van der Waals surface area (Å²) in [7, 11) is 0. The molecule has 0 heterocycles. The molecule has 1 atom stereocenters. The second kappa shape index (κ2) is 4.79. The van der Waals surface area contributed by atoms with Crippen LogP contribution in [0.4, 0.5) is 0 Å². The van der Waals surface area contributed by atoms with Gasteiger partial charge < -0.3 is 0 Å². The number of benzene rings is 1. The average Bonchev–Trinajstić information content (AvgIpc) is 2.15. The van der Waals surface area contributed by atoms with Crippen molar-refractivity contribution < 1.29 is 0 Å². The third kappa shape index (κ3) is 3.30. The number of hydrogen-bond acceptors (Lipinski definition) is 2. The molecule has 1 aromatic rings. The molecule has 96 valence electrons. The molecule has 1 aromatic carbocycles. The van der Waals surface area contributed by atoms with Gasteiger partial charge in [-0.3, -0.25) is 11.3 Å². The van der Waals surface area contributed by atoms with Crippen LogP contribution in [-0.4, -0.2) is 0 Å². The van der Waals surface area contributed by atoms with Crippen molar-refractivity contribution in [2.24, 2.45) is 11.3 Å². The summed E-state index contributed by atoms with van der Waals surface area (Å²) in [5, 5.41) is 0. The van der Waals surface area contributed by atoms with E-state index in [1.54, 1.807) is 0 Å². The summed E-state index contributed by atoms with van der Waals surface area (Å²) in [6.45, 7) is 13.3. The van der Waals surface area contributed by atoms with E-state index < -0.39 is 0 Å². The maximum atomic E-state index is 5.75. The molecule has 0 bridgehead atoms. The largest absolute Gasteiger partial charge is 0.271 e. The van der Waals surface area contributed by atoms with Gasteiger partial charge in [-0.2, -0.15) is 0 Å². The molecule has 1 rings (SSSR count). The van der Waals surface area contributed by atoms with Crippen LogP contribution in [-0.2, 0) is 5.41 Å². The van der Waals surface area contributed by atoms with E-state index in [-0.39, 0.29) is 16.9 Å². The van der Waals surface area contributed by atoms with Crippen molar-refractivity contribution in [3.8, 4) is 0 Å². The Hall–Kier alpha value is -0.860. The Morgan fingerprint density at radius 2 is 1.53 bits per heavy atom. The minimum atomic E-state index is 0.0934. The molecule has 17 heavy (non-hydrogen) atoms. The number of hydrazine groups is 1. The van der Waals surface area contributed by atoms with Crippen LogP contribution in [0.25, 0.3) is 0 Å². The molecule has 0 amide bonds. The van der Waals surface area contributed by atoms with Gasteiger partial charge in [0.15, 0.2) is 0 Å². The highest BCUT2D eigenvalue weighted by molar-refractivity contribution is 5.36. The van der Waals surface area contributed by atoms with Crippen LogP contribution < -0.4 is 11.3 Å². The predicted octanol–water partition coefficient (Wildman–Crippen LogP) is 3.53. The van der Waals surface area contributed by atoms with Crippen LogP contribution in [0.2, 0.25) is 0 Å². The standard InChI is InChI=1S/C15H26N2/c1-14(2,3)12-10-8-7-9-11(12)13(17-16)15(4,5)6/h7-10,13,17H,16H2,1-6H3. The summed E-state index contributed by atoms with van der Waals surface area (Å²) in [6, 6.07) is 8.72. The molecular weight excluding hydrogens is 208 g/mol. The molecule has 0 spiro atoms. The summed E-state index contributed by atoms with van der Waals surface area (Å²) in [5.74, 6) is 5.75. The zero-order valence-corrected chi connectivity index (χ0v) is 12.0. The van der Waals surface area contributed by atoms with E-state index in [4.69, 9.17) is 5.84 Å². The molecule has 0 radical (unpaired) electrons. The fourth-order valence-electron chi connectivity index (χ4n) is 2.24. The highest BCUT2D eigenvalue weighted by Crippen LogP contribution is 2.37. The van der Waals surface area contributed by atoms with E-state index in [2.05, 4.69) is 71.2 Å². The van der Waals surface area contributed by atoms with Crippen molar-refractivity contribution in [3.05, 3.63) is 35.4 Å². The summed E-state index contributed by atoms with van der Waals surface area (Å²) >= 11 is 0. The Bertz CT molecular complexity index is 369. The van der Waals surface area contributed by atoms with Crippen LogP contribution in [0.1, 0.15) is 58.7 Å². The average molecular weight is 234 g/mol. The third-order valence-corrected chi connectivity index (χ3v) is 3.11. The molecule has 0 aliphatic heterocycles. The van der Waals surface area contributed by atoms with Gasteiger partial charge >= 0.3 is 0 Å². The Morgan fingerprint density at radius 3 is 1.94 bits per heavy atom. The predicted molar refractivity (Wildman–Crippen MR) is 74.7 cm³/mol. The van der Waals surface area contributed by atoms with E-state index in [1.165, 1.54) is 11.1 Å². The van der Waals surface area contributed by atoms with E-state index in [1.807, 2.05) is 0 Å². The van der Waals surface area contributed by atoms with Gasteiger partial charge in [-0.1, -0.05) is 65.8 Å². The maximum absolute atomic E-state index is 5.75. The first-order chi connectivity index (χ1) is 7.68. The van der Waals surface area contributed by atoms with Gasteiger partial charge in [0, 0.05) is 0 Å². The molecular formula is C15H26N2. The van der Waals surface area contributed by atoms with Gasteiger partial charge in [-0.25, -0.2) is 0 Å². The van der Waals surface area contributed by atoms with Crippen LogP contribution >= 0.6 is 0 Å². The molecule has 0 aliphatic carbocycles. The Morgan fingerprint density at radius 1 is 1.00 bits per heavy atom. The normalized spacial score (nSPS) is 14.8. The Kier molecular flexibility index (Phi) is 4.00. The number of nitrogens with one attached hydrogen (secondary N) is 1. The lowest BCUT2D eigenvalue weighted by molar-refractivity contribution is 0.272. The van der Waals surface area contributed by atoms with E-state index in [9.17, 15) is 0 Å². The van der Waals surface area contributed by atoms with Crippen LogP contribution in [0.15, 0.2) is 24.3 Å². The molecule has 0 fully saturated rings. The zero-order chi connectivity index (χ0) is 13.3. The molecule has 0 aliphatic rings. The molecule has 3 N–H and O–H groups in total. The fraction of sp³-hybridized carbons (Fsp3) is 0.600. The van der Waals surface area contributed by atoms with Crippen molar-refractivity contribution in [1.29, 1.82) is 0 Å². The molecule has 1 unspecified atom stereocenters. The van der Waals surface area contributed by atoms with Gasteiger partial charge in [0.05, 0.1) is 6.04 Å². The lowest BCUT2D eigenvalue weighted by atomic mass is 9.75. The quantitative estimate of drug-likeness (QED) is 0.607. The van der Waals surface area contributed by atoms with Gasteiger partial charge in [0.2, 0.25) is 0 Å². The number of nitrogens with two attached hydrogens (primary N) is 1. The van der Waals surface area contributed by atoms with E-state index in [0.717, 1.165) is 0 Å². The van der Waals surface area contributed by atoms with Crippen molar-refractivity contribution >= 4 is 0 Å². The first kappa shape index (κ1) is 14.2. The van der Waals surface area contributed by atoms with E-state index >= 15 is 0 Å². The minimum Gasteiger partial charge on any atom is -0.271 e. The topological polar surface area (TPSA) is 38.0 Å². The lowest BCUT2D eigenvalue weighted by Crippen LogP contribution is -2.38. The van der Waals surface area contributed by atoms with Crippen molar-refractivity contribution in [2.45, 2.75) is 53.0 Å². The molecule has 2 nitrogen and oxygen atoms in total. The Labute approximate surface area is 106 Å². The van der Waals surface area contributed by atoms with Crippen LogP contribution in [0.3, 0.4) is 0 Å². The molecule has 2 heteroatoms. The summed E-state index contributed by atoms with van der Waals surface area (Å²) in [4.78, 5) is 0. The van der Waals surface area contributed by atoms with Crippen molar-refractivity contribution in [2.75, 3.05) is 0 Å². The Balaban J connectivity index is 3.30. The van der Waals surface area contributed by atoms with Gasteiger partial charge in [-0.15, -0.1) is 0 Å². The maximum Gasteiger partial charge on any atom is 0.0511 e. The second-order valence-corrected chi connectivity index (χ2v) is 6.80. The minimum absolute atomic E-state index is 0.0934. The highest BCUT2D eigenvalue weighted by atomic mass is 15.2. The van der Waals surface area contributed by atoms with Crippen LogP contribution in [0, 0.1) is 5.41 Å². The van der Waals surface area contributed by atoms with Crippen LogP contribution in [0.5, 0.6) is 0 Å². The summed E-state index contributed by atoms with van der Waals surface area (Å²) in [6.07, 6.45) is 0. The SMILES string of the molecule is CC(C)(C)c1ccccc1C(NN)C(C)(C)C. The van der Waals surface area contributed by atoms with Gasteiger partial charge in [0.25, 0.3) is 0 Å². The summed E-state index contributed by atoms with van der Waals surface area (Å²) in [5.41, 5.74) is 5.86. The van der Waals surface area contributed by atoms with Crippen molar-refractivity contribution in [3.63, 3.8) is 0 Å². The second-order valence-electron chi connectivity index (χ2n) is 6.80. The first-order valence-corrected chi connectivity index (χ1v) is 6.23. The molecule has 0 saturated carbocycles. The van der Waals surface area contributed by atoms with Gasteiger partial charge in [-0.05, 0) is 22.0 Å². The monoisotopic (exact) mass is 234 g/mol. The fourth-order valence-corrected chi connectivity index (χ4v) is 2.24. The lowest BCUT2D eigenvalue weighted by Gasteiger charge is -2.34. The first-order valence-electron chi connectivity index (χ1n) is 6.23. The number of hydrogen-bond donors (Lipinski definition) is 2. The van der Waals surface area contributed by atoms with E-state index in [0.29, 0.717) is 0 Å². The zero-order valence-electron chi connectivity index (χ0n) is 12.0. The summed E-state index contributed by atoms with van der Waals surface area (Å²) < 4.78 is 0. The van der Waals surface area contributed by atoms with Gasteiger partial charge in [0.1, 0.15) is 0 Å². The molecule has 0 saturated heterocycles. The number of rotatable bonds is 2. The smallest absolute Gasteiger partial charge is 0.0511 e. The highest BCUT2D eigenvalue weighted by Gasteiger charge is 2.29. The molecule has 0 aromatic heterocycles. The van der Waals surface area contributed by atoms with Crippen molar-refractivity contribution in [1.82, 2.24) is 5.43 Å². The third-order valence-electron chi connectivity index (χ3n) is 3.11.